The van der Waals surface area contributed by atoms with Gasteiger partial charge in [-0.15, -0.1) is 0 Å². The molecule has 0 bridgehead atoms. The summed E-state index contributed by atoms with van der Waals surface area (Å²) in [7, 11) is 1.60. The molecule has 33 heavy (non-hydrogen) atoms. The maximum absolute atomic E-state index is 6.17. The monoisotopic (exact) mass is 453 g/mol. The van der Waals surface area contributed by atoms with Gasteiger partial charge in [0.15, 0.2) is 0 Å². The van der Waals surface area contributed by atoms with E-state index < -0.39 is 0 Å². The molecule has 2 aromatic heterocycles. The molecule has 0 aliphatic carbocycles. The number of imidazole rings is 1. The van der Waals surface area contributed by atoms with Crippen molar-refractivity contribution >= 4 is 11.4 Å². The molecule has 0 aromatic carbocycles. The molecule has 2 N–H and O–H groups in total. The van der Waals surface area contributed by atoms with Crippen LogP contribution in [0.15, 0.2) is 41.8 Å². The molecule has 0 saturated carbocycles. The van der Waals surface area contributed by atoms with Gasteiger partial charge in [0.1, 0.15) is 0 Å². The summed E-state index contributed by atoms with van der Waals surface area (Å²) in [4.78, 5) is 18.0. The van der Waals surface area contributed by atoms with E-state index in [1.165, 1.54) is 5.69 Å². The van der Waals surface area contributed by atoms with Crippen LogP contribution in [0.4, 0.5) is 0 Å². The fourth-order valence-corrected chi connectivity index (χ4v) is 3.95. The Bertz CT molecular complexity index is 948. The molecule has 2 aromatic rings. The highest BCUT2D eigenvalue weighted by Crippen LogP contribution is 2.14. The summed E-state index contributed by atoms with van der Waals surface area (Å²) in [6.07, 6.45) is 6.91. The lowest BCUT2D eigenvalue weighted by Crippen LogP contribution is -2.37. The number of hydrogen-bond acceptors (Lipinski definition) is 7. The van der Waals surface area contributed by atoms with E-state index in [4.69, 9.17) is 10.5 Å². The highest BCUT2D eigenvalue weighted by Gasteiger charge is 2.17. The van der Waals surface area contributed by atoms with Crippen LogP contribution in [0.5, 0.6) is 5.88 Å². The lowest BCUT2D eigenvalue weighted by molar-refractivity contribution is 0.177. The lowest BCUT2D eigenvalue weighted by atomic mass is 10.2. The van der Waals surface area contributed by atoms with Gasteiger partial charge >= 0.3 is 0 Å². The van der Waals surface area contributed by atoms with E-state index in [2.05, 4.69) is 57.0 Å². The first kappa shape index (κ1) is 24.9. The van der Waals surface area contributed by atoms with Crippen molar-refractivity contribution in [2.75, 3.05) is 33.3 Å². The van der Waals surface area contributed by atoms with E-state index in [0.717, 1.165) is 57.1 Å². The minimum atomic E-state index is 0.512. The van der Waals surface area contributed by atoms with E-state index in [1.807, 2.05) is 30.7 Å². The number of pyridine rings is 1. The predicted octanol–water partition coefficient (Wildman–Crippen LogP) is 3.05. The molecular weight excluding hydrogens is 414 g/mol. The third-order valence-electron chi connectivity index (χ3n) is 6.09. The van der Waals surface area contributed by atoms with Gasteiger partial charge < -0.3 is 15.0 Å². The maximum Gasteiger partial charge on any atom is 0.213 e. The Kier molecular flexibility index (Phi) is 9.03. The van der Waals surface area contributed by atoms with Gasteiger partial charge in [-0.1, -0.05) is 6.07 Å². The highest BCUT2D eigenvalue weighted by molar-refractivity contribution is 6.01. The summed E-state index contributed by atoms with van der Waals surface area (Å²) in [6, 6.07) is 6.73. The number of nitrogens with two attached hydrogens (primary N) is 1. The number of hydrogen-bond donors (Lipinski definition) is 1. The van der Waals surface area contributed by atoms with Crippen molar-refractivity contribution in [3.63, 3.8) is 0 Å². The van der Waals surface area contributed by atoms with Crippen molar-refractivity contribution < 1.29 is 4.74 Å². The molecule has 0 unspecified atom stereocenters. The first-order valence-corrected chi connectivity index (χ1v) is 11.9. The molecule has 0 saturated heterocycles. The van der Waals surface area contributed by atoms with E-state index in [0.29, 0.717) is 23.7 Å². The minimum Gasteiger partial charge on any atom is -0.481 e. The van der Waals surface area contributed by atoms with Crippen molar-refractivity contribution in [1.82, 2.24) is 24.3 Å². The van der Waals surface area contributed by atoms with E-state index in [1.54, 1.807) is 13.2 Å². The fourth-order valence-electron chi connectivity index (χ4n) is 3.95. The Hall–Kier alpha value is -2.71. The van der Waals surface area contributed by atoms with Crippen molar-refractivity contribution in [1.29, 1.82) is 0 Å². The van der Waals surface area contributed by atoms with Crippen LogP contribution in [0, 0.1) is 0 Å². The molecule has 0 radical (unpaired) electrons. The first-order valence-electron chi connectivity index (χ1n) is 11.9. The first-order chi connectivity index (χ1) is 15.9. The highest BCUT2D eigenvalue weighted by atomic mass is 16.5. The van der Waals surface area contributed by atoms with Gasteiger partial charge in [-0.2, -0.15) is 0 Å². The third-order valence-corrected chi connectivity index (χ3v) is 6.09. The number of methoxy groups -OCH3 is 1. The standard InChI is InChI=1S/C16H24N4O.C9H15N3/c1-12(2)20-9-5-8-18-13(11-20)10-14(17)15-6-4-7-16(19-15)21-3;1-8(2)11-3-4-12-7-10-5-9(12)6-11/h4,6-7,10,12H,5,8-9,11,17H2,1-3H3;5,7-8H,3-4,6H2,1-2H3/b14-10-;. The Morgan fingerprint density at radius 1 is 1.06 bits per heavy atom. The van der Waals surface area contributed by atoms with Gasteiger partial charge in [-0.05, 0) is 46.3 Å². The van der Waals surface area contributed by atoms with Crippen LogP contribution < -0.4 is 10.5 Å². The maximum atomic E-state index is 6.17. The van der Waals surface area contributed by atoms with Crippen LogP contribution in [0.3, 0.4) is 0 Å². The summed E-state index contributed by atoms with van der Waals surface area (Å²) in [5, 5.41) is 0. The number of rotatable bonds is 5. The molecule has 0 fully saturated rings. The Morgan fingerprint density at radius 3 is 2.55 bits per heavy atom. The van der Waals surface area contributed by atoms with Crippen LogP contribution >= 0.6 is 0 Å². The quantitative estimate of drug-likeness (QED) is 0.749. The zero-order valence-electron chi connectivity index (χ0n) is 20.7. The molecule has 0 amide bonds. The Labute approximate surface area is 198 Å². The summed E-state index contributed by atoms with van der Waals surface area (Å²) in [5.41, 5.74) is 9.87. The molecule has 4 rings (SSSR count). The average molecular weight is 454 g/mol. The van der Waals surface area contributed by atoms with Gasteiger partial charge in [0.2, 0.25) is 5.88 Å². The molecule has 0 spiro atoms. The lowest BCUT2D eigenvalue weighted by Gasteiger charge is -2.31. The molecule has 180 valence electrons. The number of ether oxygens (including phenoxy) is 1. The predicted molar refractivity (Wildman–Crippen MR) is 134 cm³/mol. The molecule has 8 heteroatoms. The van der Waals surface area contributed by atoms with Crippen LogP contribution in [-0.2, 0) is 13.1 Å². The van der Waals surface area contributed by atoms with E-state index in [9.17, 15) is 0 Å². The summed E-state index contributed by atoms with van der Waals surface area (Å²) >= 11 is 0. The van der Waals surface area contributed by atoms with Crippen molar-refractivity contribution in [3.05, 3.63) is 48.2 Å². The molecular formula is C25H39N7O. The van der Waals surface area contributed by atoms with Crippen LogP contribution in [0.1, 0.15) is 45.5 Å². The second-order valence-electron chi connectivity index (χ2n) is 9.10. The smallest absolute Gasteiger partial charge is 0.213 e. The van der Waals surface area contributed by atoms with Gasteiger partial charge in [-0.25, -0.2) is 9.97 Å². The van der Waals surface area contributed by atoms with E-state index >= 15 is 0 Å². The van der Waals surface area contributed by atoms with Gasteiger partial charge in [0.05, 0.1) is 36.2 Å². The van der Waals surface area contributed by atoms with Crippen molar-refractivity contribution in [2.45, 2.75) is 59.3 Å². The van der Waals surface area contributed by atoms with E-state index in [-0.39, 0.29) is 0 Å². The minimum absolute atomic E-state index is 0.512. The molecule has 4 heterocycles. The fraction of sp³-hybridized carbons (Fsp3) is 0.560. The average Bonchev–Trinajstić information content (AvgIpc) is 3.16. The van der Waals surface area contributed by atoms with Gasteiger partial charge in [0.25, 0.3) is 0 Å². The van der Waals surface area contributed by atoms with Gasteiger partial charge in [-0.3, -0.25) is 14.8 Å². The summed E-state index contributed by atoms with van der Waals surface area (Å²) in [5.74, 6) is 0.565. The van der Waals surface area contributed by atoms with Crippen LogP contribution in [-0.4, -0.2) is 75.4 Å². The SMILES string of the molecule is CC(C)N1CCn2cncc2C1.COc1cccc(/C(N)=C/C2=NCCCN(C(C)C)C2)n1. The third kappa shape index (κ3) is 7.14. The van der Waals surface area contributed by atoms with Crippen LogP contribution in [0.2, 0.25) is 0 Å². The van der Waals surface area contributed by atoms with Crippen LogP contribution in [0.25, 0.3) is 5.70 Å². The molecule has 0 atom stereocenters. The number of nitrogens with zero attached hydrogens (tertiary/aromatic N) is 6. The second-order valence-corrected chi connectivity index (χ2v) is 9.10. The van der Waals surface area contributed by atoms with Crippen molar-refractivity contribution in [3.8, 4) is 5.88 Å². The Morgan fingerprint density at radius 2 is 1.82 bits per heavy atom. The number of aromatic nitrogens is 3. The largest absolute Gasteiger partial charge is 0.481 e. The number of aliphatic imine (C=N–C) groups is 1. The normalized spacial score (nSPS) is 17.8. The second kappa shape index (κ2) is 12.0. The molecule has 8 nitrogen and oxygen atoms in total. The summed E-state index contributed by atoms with van der Waals surface area (Å²) < 4.78 is 7.37. The topological polar surface area (TPSA) is 84.8 Å². The van der Waals surface area contributed by atoms with Gasteiger partial charge in [0, 0.05) is 63.6 Å². The Balaban J connectivity index is 0.000000215. The van der Waals surface area contributed by atoms with Crippen molar-refractivity contribution in [2.24, 2.45) is 10.7 Å². The zero-order chi connectivity index (χ0) is 23.8. The number of fused-ring (bicyclic) bond motifs is 1. The molecule has 2 aliphatic heterocycles. The summed E-state index contributed by atoms with van der Waals surface area (Å²) in [6.45, 7) is 15.0. The molecule has 2 aliphatic rings. The zero-order valence-corrected chi connectivity index (χ0v) is 20.7.